The van der Waals surface area contributed by atoms with Crippen molar-refractivity contribution in [2.45, 2.75) is 19.1 Å². The van der Waals surface area contributed by atoms with E-state index in [-0.39, 0.29) is 0 Å². The Morgan fingerprint density at radius 2 is 2.38 bits per heavy atom. The third-order valence-electron chi connectivity index (χ3n) is 1.30. The molecule has 1 N–H and O–H groups in total. The lowest BCUT2D eigenvalue weighted by Gasteiger charge is -2.26. The molecule has 0 aliphatic heterocycles. The van der Waals surface area contributed by atoms with Gasteiger partial charge in [0, 0.05) is 13.3 Å². The molecule has 0 aliphatic carbocycles. The van der Waals surface area contributed by atoms with E-state index in [0.29, 0.717) is 12.4 Å². The second kappa shape index (κ2) is 5.88. The highest BCUT2D eigenvalue weighted by Crippen LogP contribution is 2.19. The summed E-state index contributed by atoms with van der Waals surface area (Å²) in [4.78, 5) is 10.3. The molecule has 0 aromatic heterocycles. The molecular weight excluding hydrogens is 192 g/mol. The van der Waals surface area contributed by atoms with Gasteiger partial charge in [-0.3, -0.25) is 0 Å². The molecule has 13 heavy (non-hydrogen) atoms. The molecule has 4 nitrogen and oxygen atoms in total. The Morgan fingerprint density at radius 1 is 1.77 bits per heavy atom. The summed E-state index contributed by atoms with van der Waals surface area (Å²) in [5, 5.41) is 8.43. The van der Waals surface area contributed by atoms with Crippen molar-refractivity contribution >= 4 is 17.9 Å². The Balaban J connectivity index is 4.14. The topological polar surface area (TPSA) is 55.8 Å². The lowest BCUT2D eigenvalue weighted by molar-refractivity contribution is -0.183. The van der Waals surface area contributed by atoms with Crippen LogP contribution >= 0.6 is 11.8 Å². The zero-order valence-corrected chi connectivity index (χ0v) is 8.60. The molecule has 0 spiro atoms. The van der Waals surface area contributed by atoms with E-state index < -0.39 is 11.9 Å². The maximum Gasteiger partial charge on any atom is 0.508 e. The number of rotatable bonds is 6. The molecular formula is C8H14O4S. The van der Waals surface area contributed by atoms with Crippen molar-refractivity contribution in [1.29, 1.82) is 0 Å². The number of hydrogen-bond acceptors (Lipinski definition) is 4. The third kappa shape index (κ3) is 5.54. The Bertz CT molecular complexity index is 183. The van der Waals surface area contributed by atoms with Crippen LogP contribution in [0.15, 0.2) is 12.7 Å². The van der Waals surface area contributed by atoms with Gasteiger partial charge in [0.2, 0.25) is 5.79 Å². The van der Waals surface area contributed by atoms with Crippen LogP contribution < -0.4 is 0 Å². The molecule has 1 atom stereocenters. The summed E-state index contributed by atoms with van der Waals surface area (Å²) in [6, 6.07) is 0. The Kier molecular flexibility index (Phi) is 5.57. The first kappa shape index (κ1) is 12.3. The van der Waals surface area contributed by atoms with Crippen molar-refractivity contribution in [2.24, 2.45) is 0 Å². The van der Waals surface area contributed by atoms with E-state index in [9.17, 15) is 4.79 Å². The molecule has 0 aromatic rings. The minimum atomic E-state index is -1.34. The Morgan fingerprint density at radius 3 is 2.77 bits per heavy atom. The van der Waals surface area contributed by atoms with Crippen molar-refractivity contribution in [3.63, 3.8) is 0 Å². The number of carboxylic acid groups (broad SMARTS) is 1. The van der Waals surface area contributed by atoms with E-state index in [4.69, 9.17) is 9.84 Å². The van der Waals surface area contributed by atoms with Crippen LogP contribution in [0.25, 0.3) is 0 Å². The summed E-state index contributed by atoms with van der Waals surface area (Å²) in [6.07, 6.45) is 2.41. The molecule has 0 fully saturated rings. The molecule has 5 heteroatoms. The van der Waals surface area contributed by atoms with Crippen LogP contribution in [0.5, 0.6) is 0 Å². The molecule has 1 unspecified atom stereocenters. The van der Waals surface area contributed by atoms with E-state index in [0.717, 1.165) is 0 Å². The van der Waals surface area contributed by atoms with Gasteiger partial charge in [0.05, 0.1) is 5.94 Å². The summed E-state index contributed by atoms with van der Waals surface area (Å²) in [5.41, 5.74) is 0. The van der Waals surface area contributed by atoms with E-state index in [1.54, 1.807) is 13.0 Å². The van der Waals surface area contributed by atoms with Gasteiger partial charge >= 0.3 is 6.16 Å². The van der Waals surface area contributed by atoms with Crippen LogP contribution in [0.1, 0.15) is 13.3 Å². The van der Waals surface area contributed by atoms with Crippen LogP contribution in [0.3, 0.4) is 0 Å². The predicted molar refractivity (Wildman–Crippen MR) is 51.8 cm³/mol. The summed E-state index contributed by atoms with van der Waals surface area (Å²) >= 11 is 1.45. The highest BCUT2D eigenvalue weighted by Gasteiger charge is 2.28. The summed E-state index contributed by atoms with van der Waals surface area (Å²) in [5.74, 6) is -0.728. The first-order chi connectivity index (χ1) is 6.04. The zero-order valence-electron chi connectivity index (χ0n) is 7.78. The van der Waals surface area contributed by atoms with Crippen molar-refractivity contribution in [1.82, 2.24) is 0 Å². The molecule has 0 bridgehead atoms. The quantitative estimate of drug-likeness (QED) is 0.410. The second-order valence-electron chi connectivity index (χ2n) is 2.55. The monoisotopic (exact) mass is 206 g/mol. The lowest BCUT2D eigenvalue weighted by Crippen LogP contribution is -2.33. The molecule has 0 radical (unpaired) electrons. The maximum absolute atomic E-state index is 10.3. The number of hydrogen-bond donors (Lipinski definition) is 1. The minimum absolute atomic E-state index is 0.333. The van der Waals surface area contributed by atoms with E-state index in [1.165, 1.54) is 11.8 Å². The number of carbonyl (C=O) groups is 1. The first-order valence-corrected chi connectivity index (χ1v) is 5.09. The fraction of sp³-hybridized carbons (Fsp3) is 0.625. The van der Waals surface area contributed by atoms with Gasteiger partial charge in [-0.05, 0) is 6.26 Å². The maximum atomic E-state index is 10.3. The minimum Gasteiger partial charge on any atom is -0.450 e. The van der Waals surface area contributed by atoms with Crippen molar-refractivity contribution in [3.05, 3.63) is 12.7 Å². The molecule has 0 aromatic carbocycles. The van der Waals surface area contributed by atoms with Gasteiger partial charge in [0.25, 0.3) is 0 Å². The Labute approximate surface area is 81.9 Å². The average molecular weight is 206 g/mol. The van der Waals surface area contributed by atoms with Crippen LogP contribution in [0, 0.1) is 0 Å². The van der Waals surface area contributed by atoms with Crippen molar-refractivity contribution in [2.75, 3.05) is 12.2 Å². The smallest absolute Gasteiger partial charge is 0.450 e. The van der Waals surface area contributed by atoms with Crippen LogP contribution in [-0.2, 0) is 9.47 Å². The first-order valence-electron chi connectivity index (χ1n) is 3.70. The summed E-state index contributed by atoms with van der Waals surface area (Å²) < 4.78 is 9.81. The fourth-order valence-corrected chi connectivity index (χ4v) is 1.13. The molecule has 0 saturated heterocycles. The molecule has 0 saturated carbocycles. The van der Waals surface area contributed by atoms with Gasteiger partial charge < -0.3 is 14.6 Å². The van der Waals surface area contributed by atoms with E-state index in [2.05, 4.69) is 11.3 Å². The van der Waals surface area contributed by atoms with Crippen LogP contribution in [0.2, 0.25) is 0 Å². The largest absolute Gasteiger partial charge is 0.508 e. The van der Waals surface area contributed by atoms with Gasteiger partial charge in [-0.1, -0.05) is 6.08 Å². The van der Waals surface area contributed by atoms with Crippen molar-refractivity contribution < 1.29 is 19.4 Å². The highest BCUT2D eigenvalue weighted by atomic mass is 32.2. The van der Waals surface area contributed by atoms with E-state index >= 15 is 0 Å². The Hall–Kier alpha value is -0.680. The second-order valence-corrected chi connectivity index (χ2v) is 3.36. The summed E-state index contributed by atoms with van der Waals surface area (Å²) in [7, 11) is 0. The SMILES string of the molecule is C=CCC(C)(OCSC)OC(=O)O. The van der Waals surface area contributed by atoms with Crippen LogP contribution in [-0.4, -0.2) is 29.2 Å². The zero-order chi connectivity index (χ0) is 10.3. The van der Waals surface area contributed by atoms with Gasteiger partial charge in [0.1, 0.15) is 0 Å². The van der Waals surface area contributed by atoms with Gasteiger partial charge in [-0.15, -0.1) is 18.3 Å². The van der Waals surface area contributed by atoms with Gasteiger partial charge in [0.15, 0.2) is 0 Å². The molecule has 0 rings (SSSR count). The van der Waals surface area contributed by atoms with Crippen LogP contribution in [0.4, 0.5) is 4.79 Å². The van der Waals surface area contributed by atoms with E-state index in [1.807, 2.05) is 6.26 Å². The van der Waals surface area contributed by atoms with Gasteiger partial charge in [-0.25, -0.2) is 4.79 Å². The van der Waals surface area contributed by atoms with Crippen molar-refractivity contribution in [3.8, 4) is 0 Å². The lowest BCUT2D eigenvalue weighted by atomic mass is 10.2. The molecule has 76 valence electrons. The number of ether oxygens (including phenoxy) is 2. The standard InChI is InChI=1S/C8H14O4S/c1-4-5-8(2,11-6-13-3)12-7(9)10/h4H,1,5-6H2,2-3H3,(H,9,10). The average Bonchev–Trinajstić information content (AvgIpc) is 2.00. The molecule has 0 heterocycles. The highest BCUT2D eigenvalue weighted by molar-refractivity contribution is 7.98. The third-order valence-corrected chi connectivity index (χ3v) is 1.65. The molecule has 0 aliphatic rings. The number of thioether (sulfide) groups is 1. The fourth-order valence-electron chi connectivity index (χ4n) is 0.761. The van der Waals surface area contributed by atoms with Gasteiger partial charge in [-0.2, -0.15) is 0 Å². The normalized spacial score (nSPS) is 14.6. The summed E-state index contributed by atoms with van der Waals surface area (Å²) in [6.45, 7) is 5.07. The molecule has 0 amide bonds. The predicted octanol–water partition coefficient (Wildman–Crippen LogP) is 2.31.